The van der Waals surface area contributed by atoms with E-state index in [9.17, 15) is 0 Å². The van der Waals surface area contributed by atoms with E-state index >= 15 is 0 Å². The number of rotatable bonds is 8. The molecule has 4 nitrogen and oxygen atoms in total. The number of aromatic nitrogens is 4. The summed E-state index contributed by atoms with van der Waals surface area (Å²) in [6, 6.07) is 87.1. The zero-order valence-electron chi connectivity index (χ0n) is 37.7. The van der Waals surface area contributed by atoms with Crippen molar-refractivity contribution in [1.82, 2.24) is 19.9 Å². The van der Waals surface area contributed by atoms with Crippen LogP contribution in [0.3, 0.4) is 0 Å². The summed E-state index contributed by atoms with van der Waals surface area (Å²) in [6.07, 6.45) is 0.978. The molecule has 1 aliphatic rings. The third-order valence-electron chi connectivity index (χ3n) is 13.8. The van der Waals surface area contributed by atoms with Crippen LogP contribution in [0.2, 0.25) is 0 Å². The Bertz CT molecular complexity index is 3790. The summed E-state index contributed by atoms with van der Waals surface area (Å²) in [4.78, 5) is 19.3. The summed E-state index contributed by atoms with van der Waals surface area (Å²) in [7, 11) is 0. The van der Waals surface area contributed by atoms with Gasteiger partial charge in [-0.15, -0.1) is 0 Å². The lowest BCUT2D eigenvalue weighted by Gasteiger charge is -2.29. The monoisotopic (exact) mass is 880 g/mol. The number of hydrogen-bond acceptors (Lipinski definition) is 3. The van der Waals surface area contributed by atoms with Crippen LogP contribution in [0.4, 0.5) is 0 Å². The Balaban J connectivity index is 1.04. The number of fused-ring (bicyclic) bond motifs is 6. The molecule has 1 N–H and O–H groups in total. The average Bonchev–Trinajstić information content (AvgIpc) is 3.82. The molecule has 1 atom stereocenters. The fourth-order valence-electron chi connectivity index (χ4n) is 10.5. The highest BCUT2D eigenvalue weighted by atomic mass is 15.0. The van der Waals surface area contributed by atoms with Gasteiger partial charge in [0.25, 0.3) is 0 Å². The third kappa shape index (κ3) is 7.40. The highest BCUT2D eigenvalue weighted by Gasteiger charge is 2.27. The van der Waals surface area contributed by atoms with Crippen LogP contribution in [0.5, 0.6) is 0 Å². The maximum atomic E-state index is 5.12. The van der Waals surface area contributed by atoms with Crippen LogP contribution in [0, 0.1) is 0 Å². The van der Waals surface area contributed by atoms with Gasteiger partial charge >= 0.3 is 0 Å². The topological polar surface area (TPSA) is 54.5 Å². The van der Waals surface area contributed by atoms with E-state index in [4.69, 9.17) is 15.0 Å². The zero-order valence-corrected chi connectivity index (χ0v) is 37.7. The molecule has 324 valence electrons. The standard InChI is InChI=1S/C65H44N4/c1-6-19-42(20-7-1)51-38-56(47-30-18-31-50(35-47)65-68-63(45-25-12-4-13-26-45)67-64(69-65)46-27-14-5-15-28-46)61-59(40-51)60-41-52(43-21-8-2-9-22-43)39-57(62(60)66-61)49-33-34-54-55(44-23-10-3-11-24-44)36-48-29-16-17-32-53(48)58(54)37-49/h1-35,37-41,55,66H,36H2. The predicted molar refractivity (Wildman–Crippen MR) is 285 cm³/mol. The second kappa shape index (κ2) is 17.0. The number of H-pyrrole nitrogens is 1. The van der Waals surface area contributed by atoms with Crippen molar-refractivity contribution in [2.24, 2.45) is 0 Å². The maximum Gasteiger partial charge on any atom is 0.164 e. The molecule has 0 amide bonds. The first-order chi connectivity index (χ1) is 34.2. The van der Waals surface area contributed by atoms with Gasteiger partial charge in [0.05, 0.1) is 11.0 Å². The number of aromatic amines is 1. The van der Waals surface area contributed by atoms with Crippen LogP contribution < -0.4 is 0 Å². The molecule has 1 unspecified atom stereocenters. The van der Waals surface area contributed by atoms with E-state index in [2.05, 4.69) is 187 Å². The van der Waals surface area contributed by atoms with E-state index in [1.54, 1.807) is 0 Å². The van der Waals surface area contributed by atoms with E-state index in [0.29, 0.717) is 17.5 Å². The number of nitrogens with one attached hydrogen (secondary N) is 1. The lowest BCUT2D eigenvalue weighted by atomic mass is 9.75. The molecule has 69 heavy (non-hydrogen) atoms. The van der Waals surface area contributed by atoms with Crippen molar-refractivity contribution in [1.29, 1.82) is 0 Å². The summed E-state index contributed by atoms with van der Waals surface area (Å²) < 4.78 is 0. The molecular formula is C65H44N4. The molecule has 2 aromatic heterocycles. The highest BCUT2D eigenvalue weighted by Crippen LogP contribution is 2.47. The van der Waals surface area contributed by atoms with Crippen molar-refractivity contribution in [3.8, 4) is 89.8 Å². The summed E-state index contributed by atoms with van der Waals surface area (Å²) in [5.41, 5.74) is 20.8. The Hall–Kier alpha value is -8.99. The molecule has 2 heterocycles. The lowest BCUT2D eigenvalue weighted by Crippen LogP contribution is -2.12. The van der Waals surface area contributed by atoms with E-state index in [0.717, 1.165) is 67.3 Å². The van der Waals surface area contributed by atoms with Crippen molar-refractivity contribution in [3.05, 3.63) is 259 Å². The van der Waals surface area contributed by atoms with Gasteiger partial charge in [0.15, 0.2) is 17.5 Å². The smallest absolute Gasteiger partial charge is 0.164 e. The lowest BCUT2D eigenvalue weighted by molar-refractivity contribution is 0.794. The molecule has 4 heteroatoms. The van der Waals surface area contributed by atoms with Gasteiger partial charge in [-0.25, -0.2) is 15.0 Å². The number of hydrogen-bond donors (Lipinski definition) is 1. The number of benzene rings is 10. The SMILES string of the molecule is c1ccc(-c2cc(-c3cccc(-c4nc(-c5ccccc5)nc(-c5ccccc5)n4)c3)c3[nH]c4c(-c5ccc6c(c5)-c5ccccc5CC6c5ccccc5)cc(-c5ccccc5)cc4c3c2)cc1. The molecule has 0 saturated heterocycles. The van der Waals surface area contributed by atoms with E-state index in [1.807, 2.05) is 60.7 Å². The molecule has 0 radical (unpaired) electrons. The molecule has 0 fully saturated rings. The Morgan fingerprint density at radius 1 is 0.304 bits per heavy atom. The molecule has 0 bridgehead atoms. The van der Waals surface area contributed by atoms with Crippen molar-refractivity contribution in [3.63, 3.8) is 0 Å². The Kier molecular flexibility index (Phi) is 9.94. The average molecular weight is 881 g/mol. The van der Waals surface area contributed by atoms with Gasteiger partial charge in [-0.2, -0.15) is 0 Å². The molecule has 13 rings (SSSR count). The fourth-order valence-corrected chi connectivity index (χ4v) is 10.5. The normalized spacial score (nSPS) is 13.0. The number of nitrogens with zero attached hydrogens (tertiary/aromatic N) is 3. The van der Waals surface area contributed by atoms with E-state index in [1.165, 1.54) is 49.9 Å². The van der Waals surface area contributed by atoms with Gasteiger partial charge in [0.1, 0.15) is 0 Å². The van der Waals surface area contributed by atoms with Crippen LogP contribution in [0.25, 0.3) is 112 Å². The second-order valence-corrected chi connectivity index (χ2v) is 18.0. The molecule has 0 spiro atoms. The minimum atomic E-state index is 0.274. The van der Waals surface area contributed by atoms with Crippen LogP contribution in [-0.2, 0) is 6.42 Å². The van der Waals surface area contributed by atoms with Crippen molar-refractivity contribution < 1.29 is 0 Å². The van der Waals surface area contributed by atoms with Crippen LogP contribution in [-0.4, -0.2) is 19.9 Å². The minimum Gasteiger partial charge on any atom is -0.353 e. The minimum absolute atomic E-state index is 0.274. The van der Waals surface area contributed by atoms with Gasteiger partial charge in [-0.3, -0.25) is 0 Å². The summed E-state index contributed by atoms with van der Waals surface area (Å²) in [6.45, 7) is 0. The van der Waals surface area contributed by atoms with Crippen molar-refractivity contribution >= 4 is 21.8 Å². The molecule has 0 saturated carbocycles. The van der Waals surface area contributed by atoms with Crippen LogP contribution in [0.15, 0.2) is 243 Å². The molecule has 12 aromatic rings. The van der Waals surface area contributed by atoms with Crippen molar-refractivity contribution in [2.75, 3.05) is 0 Å². The molecule has 1 aliphatic carbocycles. The Labute approximate surface area is 401 Å². The fraction of sp³-hybridized carbons (Fsp3) is 0.0308. The van der Waals surface area contributed by atoms with Gasteiger partial charge < -0.3 is 4.98 Å². The molecular weight excluding hydrogens is 837 g/mol. The molecule has 0 aliphatic heterocycles. The summed E-state index contributed by atoms with van der Waals surface area (Å²) >= 11 is 0. The Morgan fingerprint density at radius 3 is 1.30 bits per heavy atom. The maximum absolute atomic E-state index is 5.12. The largest absolute Gasteiger partial charge is 0.353 e. The first kappa shape index (κ1) is 40.3. The first-order valence-corrected chi connectivity index (χ1v) is 23.7. The van der Waals surface area contributed by atoms with E-state index in [-0.39, 0.29) is 5.92 Å². The Morgan fingerprint density at radius 2 is 0.739 bits per heavy atom. The van der Waals surface area contributed by atoms with Crippen LogP contribution >= 0.6 is 0 Å². The third-order valence-corrected chi connectivity index (χ3v) is 13.8. The first-order valence-electron chi connectivity index (χ1n) is 23.7. The van der Waals surface area contributed by atoms with Gasteiger partial charge in [-0.1, -0.05) is 206 Å². The summed E-state index contributed by atoms with van der Waals surface area (Å²) in [5.74, 6) is 2.17. The second-order valence-electron chi connectivity index (χ2n) is 18.0. The zero-order chi connectivity index (χ0) is 45.7. The van der Waals surface area contributed by atoms with E-state index < -0.39 is 0 Å². The van der Waals surface area contributed by atoms with Gasteiger partial charge in [0, 0.05) is 44.5 Å². The molecule has 10 aromatic carbocycles. The van der Waals surface area contributed by atoms with Gasteiger partial charge in [-0.05, 0) is 104 Å². The van der Waals surface area contributed by atoms with Gasteiger partial charge in [0.2, 0.25) is 0 Å². The predicted octanol–water partition coefficient (Wildman–Crippen LogP) is 16.5. The summed E-state index contributed by atoms with van der Waals surface area (Å²) in [5, 5.41) is 2.34. The highest BCUT2D eigenvalue weighted by molar-refractivity contribution is 6.18. The van der Waals surface area contributed by atoms with Crippen molar-refractivity contribution in [2.45, 2.75) is 12.3 Å². The quantitative estimate of drug-likeness (QED) is 0.165. The van der Waals surface area contributed by atoms with Crippen LogP contribution in [0.1, 0.15) is 22.6 Å².